The normalized spacial score (nSPS) is 20.1. The summed E-state index contributed by atoms with van der Waals surface area (Å²) in [6.07, 6.45) is 7.16. The van der Waals surface area contributed by atoms with Crippen molar-refractivity contribution in [3.05, 3.63) is 56.5 Å². The average Bonchev–Trinajstić information content (AvgIpc) is 3.47. The van der Waals surface area contributed by atoms with Crippen molar-refractivity contribution in [2.24, 2.45) is 7.05 Å². The highest BCUT2D eigenvalue weighted by Gasteiger charge is 2.26. The number of hydrogen-bond acceptors (Lipinski definition) is 3. The molecule has 1 atom stereocenters. The summed E-state index contributed by atoms with van der Waals surface area (Å²) in [6, 6.07) is 6.94. The molecule has 0 bridgehead atoms. The van der Waals surface area contributed by atoms with E-state index in [1.54, 1.807) is 11.6 Å². The van der Waals surface area contributed by atoms with Crippen molar-refractivity contribution in [2.75, 3.05) is 26.2 Å². The number of benzene rings is 1. The van der Waals surface area contributed by atoms with Crippen LogP contribution in [0.2, 0.25) is 5.02 Å². The Labute approximate surface area is 207 Å². The number of aromatic amines is 1. The molecule has 6 heteroatoms. The number of nitrogens with one attached hydrogen (secondary N) is 1. The van der Waals surface area contributed by atoms with E-state index >= 15 is 0 Å². The zero-order valence-corrected chi connectivity index (χ0v) is 21.5. The van der Waals surface area contributed by atoms with E-state index in [4.69, 9.17) is 16.3 Å². The zero-order chi connectivity index (χ0) is 24.0. The van der Waals surface area contributed by atoms with E-state index in [1.807, 2.05) is 13.1 Å². The number of ether oxygens (including phenoxy) is 1. The molecule has 182 valence electrons. The Morgan fingerprint density at radius 2 is 1.97 bits per heavy atom. The summed E-state index contributed by atoms with van der Waals surface area (Å²) in [5.41, 5.74) is 6.62. The number of piperidine rings is 1. The second kappa shape index (κ2) is 9.52. The van der Waals surface area contributed by atoms with Crippen LogP contribution >= 0.6 is 11.6 Å². The van der Waals surface area contributed by atoms with Gasteiger partial charge in [-0.1, -0.05) is 31.5 Å². The number of likely N-dealkylation sites (tertiary alicyclic amines) is 1. The highest BCUT2D eigenvalue weighted by atomic mass is 35.5. The lowest BCUT2D eigenvalue weighted by atomic mass is 9.87. The summed E-state index contributed by atoms with van der Waals surface area (Å²) in [5.74, 6) is 0.930. The molecule has 0 radical (unpaired) electrons. The summed E-state index contributed by atoms with van der Waals surface area (Å²) in [5, 5.41) is 1.58. The summed E-state index contributed by atoms with van der Waals surface area (Å²) in [7, 11) is 1.76. The number of hydrogen-bond donors (Lipinski definition) is 1. The van der Waals surface area contributed by atoms with Gasteiger partial charge in [-0.2, -0.15) is 0 Å². The maximum absolute atomic E-state index is 12.3. The van der Waals surface area contributed by atoms with Crippen LogP contribution in [0.3, 0.4) is 0 Å². The first-order valence-corrected chi connectivity index (χ1v) is 13.1. The van der Waals surface area contributed by atoms with Gasteiger partial charge in [-0.05, 0) is 86.4 Å². The number of rotatable bonds is 5. The Morgan fingerprint density at radius 3 is 2.65 bits per heavy atom. The van der Waals surface area contributed by atoms with Gasteiger partial charge in [0.15, 0.2) is 0 Å². The van der Waals surface area contributed by atoms with Crippen LogP contribution in [0.5, 0.6) is 0 Å². The maximum atomic E-state index is 12.3. The molecule has 5 rings (SSSR count). The van der Waals surface area contributed by atoms with Gasteiger partial charge in [-0.3, -0.25) is 4.79 Å². The molecule has 0 amide bonds. The van der Waals surface area contributed by atoms with Crippen LogP contribution in [0.1, 0.15) is 68.1 Å². The molecule has 0 saturated carbocycles. The molecule has 2 aromatic heterocycles. The fourth-order valence-corrected chi connectivity index (χ4v) is 6.09. The molecule has 1 N–H and O–H groups in total. The molecule has 2 aliphatic rings. The van der Waals surface area contributed by atoms with Crippen LogP contribution in [0.4, 0.5) is 0 Å². The number of nitrogens with zero attached hydrogens (tertiary/aromatic N) is 2. The van der Waals surface area contributed by atoms with Crippen molar-refractivity contribution < 1.29 is 4.74 Å². The van der Waals surface area contributed by atoms with Crippen molar-refractivity contribution in [2.45, 2.75) is 64.4 Å². The molecule has 34 heavy (non-hydrogen) atoms. The molecule has 2 fully saturated rings. The lowest BCUT2D eigenvalue weighted by Crippen LogP contribution is -2.38. The molecule has 5 nitrogen and oxygen atoms in total. The van der Waals surface area contributed by atoms with E-state index in [0.717, 1.165) is 48.6 Å². The maximum Gasteiger partial charge on any atom is 0.269 e. The smallest absolute Gasteiger partial charge is 0.269 e. The molecule has 2 saturated heterocycles. The van der Waals surface area contributed by atoms with Crippen LogP contribution in [0, 0.1) is 6.92 Å². The quantitative estimate of drug-likeness (QED) is 0.487. The Bertz CT molecular complexity index is 1240. The van der Waals surface area contributed by atoms with Gasteiger partial charge in [-0.25, -0.2) is 0 Å². The van der Waals surface area contributed by atoms with Crippen molar-refractivity contribution in [3.63, 3.8) is 0 Å². The van der Waals surface area contributed by atoms with Crippen LogP contribution in [0.15, 0.2) is 29.2 Å². The van der Waals surface area contributed by atoms with Crippen LogP contribution < -0.4 is 5.56 Å². The largest absolute Gasteiger partial charge is 0.377 e. The topological polar surface area (TPSA) is 50.3 Å². The first kappa shape index (κ1) is 23.7. The third-order valence-corrected chi connectivity index (χ3v) is 8.26. The van der Waals surface area contributed by atoms with Gasteiger partial charge >= 0.3 is 0 Å². The van der Waals surface area contributed by atoms with E-state index in [1.165, 1.54) is 42.2 Å². The molecule has 1 unspecified atom stereocenters. The number of pyridine rings is 1. The number of halogens is 1. The van der Waals surface area contributed by atoms with Gasteiger partial charge in [0, 0.05) is 42.9 Å². The van der Waals surface area contributed by atoms with Gasteiger partial charge in [0.05, 0.1) is 11.8 Å². The SMILES string of the molecule is Cc1c(-c2[nH]c3ccc(C4CCN(CC5CCCO5)CC4)cc3c2C(C)C)cn(C)c(=O)c1Cl. The molecule has 0 spiro atoms. The third-order valence-electron chi connectivity index (χ3n) is 7.82. The first-order chi connectivity index (χ1) is 16.3. The van der Waals surface area contributed by atoms with Gasteiger partial charge in [0.1, 0.15) is 5.02 Å². The standard InChI is InChI=1S/C28H36ClN3O2/c1-17(2)25-22-14-20(19-9-11-32(12-10-19)15-21-6-5-13-34-21)7-8-24(22)30-27(25)23-16-31(4)28(33)26(29)18(23)3/h7-8,14,16-17,19,21,30H,5-6,9-13,15H2,1-4H3. The average molecular weight is 482 g/mol. The minimum Gasteiger partial charge on any atom is -0.377 e. The van der Waals surface area contributed by atoms with Crippen LogP contribution in [0.25, 0.3) is 22.2 Å². The Balaban J connectivity index is 1.45. The summed E-state index contributed by atoms with van der Waals surface area (Å²) in [4.78, 5) is 18.6. The van der Waals surface area contributed by atoms with E-state index < -0.39 is 0 Å². The molecule has 2 aliphatic heterocycles. The Morgan fingerprint density at radius 1 is 1.21 bits per heavy atom. The second-order valence-electron chi connectivity index (χ2n) is 10.5. The number of aromatic nitrogens is 2. The molecular formula is C28H36ClN3O2. The van der Waals surface area contributed by atoms with E-state index in [2.05, 4.69) is 41.9 Å². The Kier molecular flexibility index (Phi) is 6.62. The summed E-state index contributed by atoms with van der Waals surface area (Å²) >= 11 is 6.40. The number of H-pyrrole nitrogens is 1. The zero-order valence-electron chi connectivity index (χ0n) is 20.8. The predicted molar refractivity (Wildman–Crippen MR) is 140 cm³/mol. The van der Waals surface area contributed by atoms with Gasteiger partial charge in [0.25, 0.3) is 5.56 Å². The monoisotopic (exact) mass is 481 g/mol. The lowest BCUT2D eigenvalue weighted by molar-refractivity contribution is 0.0643. The van der Waals surface area contributed by atoms with Gasteiger partial charge < -0.3 is 19.2 Å². The Hall–Kier alpha value is -2.08. The second-order valence-corrected chi connectivity index (χ2v) is 10.9. The molecule has 0 aliphatic carbocycles. The van der Waals surface area contributed by atoms with E-state index in [0.29, 0.717) is 23.0 Å². The van der Waals surface area contributed by atoms with Crippen molar-refractivity contribution in [1.82, 2.24) is 14.5 Å². The highest BCUT2D eigenvalue weighted by molar-refractivity contribution is 6.31. The molecule has 1 aromatic carbocycles. The minimum absolute atomic E-state index is 0.154. The molecule has 3 aromatic rings. The fraction of sp³-hybridized carbons (Fsp3) is 0.536. The first-order valence-electron chi connectivity index (χ1n) is 12.7. The predicted octanol–water partition coefficient (Wildman–Crippen LogP) is 5.98. The fourth-order valence-electron chi connectivity index (χ4n) is 5.86. The van der Waals surface area contributed by atoms with Gasteiger partial charge in [0.2, 0.25) is 0 Å². The van der Waals surface area contributed by atoms with Crippen molar-refractivity contribution >= 4 is 22.5 Å². The third kappa shape index (κ3) is 4.34. The summed E-state index contributed by atoms with van der Waals surface area (Å²) < 4.78 is 7.43. The van der Waals surface area contributed by atoms with E-state index in [-0.39, 0.29) is 5.56 Å². The van der Waals surface area contributed by atoms with Crippen LogP contribution in [-0.4, -0.2) is 46.8 Å². The van der Waals surface area contributed by atoms with Crippen molar-refractivity contribution in [3.8, 4) is 11.3 Å². The number of aryl methyl sites for hydroxylation is 1. The number of fused-ring (bicyclic) bond motifs is 1. The highest BCUT2D eigenvalue weighted by Crippen LogP contribution is 2.39. The van der Waals surface area contributed by atoms with Gasteiger partial charge in [-0.15, -0.1) is 0 Å². The van der Waals surface area contributed by atoms with Crippen molar-refractivity contribution in [1.29, 1.82) is 0 Å². The molecule has 4 heterocycles. The minimum atomic E-state index is -0.154. The summed E-state index contributed by atoms with van der Waals surface area (Å²) in [6.45, 7) is 10.7. The lowest BCUT2D eigenvalue weighted by Gasteiger charge is -2.33. The van der Waals surface area contributed by atoms with E-state index in [9.17, 15) is 4.79 Å². The molecular weight excluding hydrogens is 446 g/mol. The van der Waals surface area contributed by atoms with Crippen LogP contribution in [-0.2, 0) is 11.8 Å².